The third-order valence-electron chi connectivity index (χ3n) is 3.61. The van der Waals surface area contributed by atoms with Crippen molar-refractivity contribution in [2.24, 2.45) is 7.05 Å². The van der Waals surface area contributed by atoms with E-state index in [-0.39, 0.29) is 0 Å². The number of benzene rings is 1. The normalized spacial score (nSPS) is 10.2. The molecule has 4 heteroatoms. The molecule has 0 radical (unpaired) electrons. The minimum Gasteiger partial charge on any atom is -0.379 e. The Balaban J connectivity index is 2.20. The largest absolute Gasteiger partial charge is 0.379 e. The standard InChI is InChI=1S/C16H20N4/c1-12-13(9-14(10-17)20(12)4)11-18-15-7-5-6-8-16(15)19(2)3/h5-9,18H,11H2,1-4H3. The van der Waals surface area contributed by atoms with E-state index >= 15 is 0 Å². The first-order chi connectivity index (χ1) is 9.54. The maximum absolute atomic E-state index is 9.06. The van der Waals surface area contributed by atoms with E-state index in [0.29, 0.717) is 12.2 Å². The van der Waals surface area contributed by atoms with Crippen LogP contribution in [0, 0.1) is 18.3 Å². The number of nitrogens with zero attached hydrogens (tertiary/aromatic N) is 3. The highest BCUT2D eigenvalue weighted by Gasteiger charge is 2.09. The Labute approximate surface area is 120 Å². The monoisotopic (exact) mass is 268 g/mol. The molecular formula is C16H20N4. The number of nitrogens with one attached hydrogen (secondary N) is 1. The van der Waals surface area contributed by atoms with E-state index < -0.39 is 0 Å². The average Bonchev–Trinajstić information content (AvgIpc) is 2.72. The van der Waals surface area contributed by atoms with Crippen LogP contribution < -0.4 is 10.2 Å². The zero-order valence-electron chi connectivity index (χ0n) is 12.4. The van der Waals surface area contributed by atoms with Gasteiger partial charge in [0, 0.05) is 33.4 Å². The van der Waals surface area contributed by atoms with Gasteiger partial charge in [0.15, 0.2) is 0 Å². The van der Waals surface area contributed by atoms with Gasteiger partial charge in [0.1, 0.15) is 11.8 Å². The zero-order valence-corrected chi connectivity index (χ0v) is 12.4. The molecule has 0 atom stereocenters. The van der Waals surface area contributed by atoms with Gasteiger partial charge in [-0.1, -0.05) is 12.1 Å². The Hall–Kier alpha value is -2.41. The first-order valence-corrected chi connectivity index (χ1v) is 6.60. The lowest BCUT2D eigenvalue weighted by atomic mass is 10.2. The lowest BCUT2D eigenvalue weighted by Crippen LogP contribution is -2.12. The molecule has 1 heterocycles. The summed E-state index contributed by atoms with van der Waals surface area (Å²) in [6.07, 6.45) is 0. The van der Waals surface area contributed by atoms with E-state index in [4.69, 9.17) is 5.26 Å². The van der Waals surface area contributed by atoms with Gasteiger partial charge in [-0.15, -0.1) is 0 Å². The summed E-state index contributed by atoms with van der Waals surface area (Å²) in [5, 5.41) is 12.5. The smallest absolute Gasteiger partial charge is 0.120 e. The van der Waals surface area contributed by atoms with Crippen LogP contribution >= 0.6 is 0 Å². The Morgan fingerprint density at radius 3 is 2.60 bits per heavy atom. The SMILES string of the molecule is Cc1c(CNc2ccccc2N(C)C)cc(C#N)n1C. The molecule has 1 aromatic heterocycles. The van der Waals surface area contributed by atoms with Crippen molar-refractivity contribution >= 4 is 11.4 Å². The molecule has 2 aromatic rings. The van der Waals surface area contributed by atoms with Crippen LogP contribution in [0.25, 0.3) is 0 Å². The molecule has 0 bridgehead atoms. The van der Waals surface area contributed by atoms with Crippen LogP contribution in [0.1, 0.15) is 17.0 Å². The van der Waals surface area contributed by atoms with Crippen LogP contribution in [0.3, 0.4) is 0 Å². The summed E-state index contributed by atoms with van der Waals surface area (Å²) in [5.41, 5.74) is 5.22. The molecule has 0 aliphatic heterocycles. The van der Waals surface area contributed by atoms with Gasteiger partial charge in [-0.05, 0) is 30.7 Å². The fourth-order valence-corrected chi connectivity index (χ4v) is 2.25. The lowest BCUT2D eigenvalue weighted by Gasteiger charge is -2.18. The molecular weight excluding hydrogens is 248 g/mol. The Morgan fingerprint density at radius 2 is 2.00 bits per heavy atom. The van der Waals surface area contributed by atoms with E-state index in [9.17, 15) is 0 Å². The molecule has 1 N–H and O–H groups in total. The topological polar surface area (TPSA) is 44.0 Å². The maximum Gasteiger partial charge on any atom is 0.120 e. The fourth-order valence-electron chi connectivity index (χ4n) is 2.25. The molecule has 104 valence electrons. The minimum atomic E-state index is 0.695. The van der Waals surface area contributed by atoms with Crippen molar-refractivity contribution in [2.75, 3.05) is 24.3 Å². The Kier molecular flexibility index (Phi) is 3.99. The third-order valence-corrected chi connectivity index (χ3v) is 3.61. The molecule has 0 fully saturated rings. The molecule has 0 amide bonds. The Bertz CT molecular complexity index is 647. The second-order valence-electron chi connectivity index (χ2n) is 5.08. The summed E-state index contributed by atoms with van der Waals surface area (Å²) < 4.78 is 1.93. The molecule has 0 unspecified atom stereocenters. The summed E-state index contributed by atoms with van der Waals surface area (Å²) in [6.45, 7) is 2.75. The van der Waals surface area contributed by atoms with Crippen molar-refractivity contribution in [3.63, 3.8) is 0 Å². The van der Waals surface area contributed by atoms with Crippen molar-refractivity contribution < 1.29 is 0 Å². The fraction of sp³-hybridized carbons (Fsp3) is 0.312. The van der Waals surface area contributed by atoms with E-state index in [0.717, 1.165) is 22.6 Å². The van der Waals surface area contributed by atoms with Crippen LogP contribution in [-0.4, -0.2) is 18.7 Å². The predicted molar refractivity (Wildman–Crippen MR) is 83.0 cm³/mol. The van der Waals surface area contributed by atoms with Crippen molar-refractivity contribution in [3.8, 4) is 6.07 Å². The van der Waals surface area contributed by atoms with E-state index in [1.54, 1.807) is 0 Å². The van der Waals surface area contributed by atoms with Gasteiger partial charge in [-0.3, -0.25) is 0 Å². The average molecular weight is 268 g/mol. The van der Waals surface area contributed by atoms with Crippen LogP contribution in [0.5, 0.6) is 0 Å². The lowest BCUT2D eigenvalue weighted by molar-refractivity contribution is 0.856. The molecule has 0 saturated carbocycles. The van der Waals surface area contributed by atoms with Crippen LogP contribution in [-0.2, 0) is 13.6 Å². The molecule has 20 heavy (non-hydrogen) atoms. The molecule has 0 aliphatic rings. The summed E-state index contributed by atoms with van der Waals surface area (Å²) in [5.74, 6) is 0. The summed E-state index contributed by atoms with van der Waals surface area (Å²) >= 11 is 0. The van der Waals surface area contributed by atoms with Gasteiger partial charge in [-0.25, -0.2) is 0 Å². The van der Waals surface area contributed by atoms with Crippen molar-refractivity contribution in [3.05, 3.63) is 47.3 Å². The quantitative estimate of drug-likeness (QED) is 0.927. The summed E-state index contributed by atoms with van der Waals surface area (Å²) in [6, 6.07) is 12.4. The van der Waals surface area contributed by atoms with Crippen LogP contribution in [0.2, 0.25) is 0 Å². The number of aromatic nitrogens is 1. The highest BCUT2D eigenvalue weighted by Crippen LogP contribution is 2.24. The van der Waals surface area contributed by atoms with E-state index in [1.165, 1.54) is 0 Å². The number of hydrogen-bond donors (Lipinski definition) is 1. The molecule has 0 aliphatic carbocycles. The second-order valence-corrected chi connectivity index (χ2v) is 5.08. The second kappa shape index (κ2) is 5.70. The van der Waals surface area contributed by atoms with Gasteiger partial charge < -0.3 is 14.8 Å². The van der Waals surface area contributed by atoms with E-state index in [2.05, 4.69) is 28.4 Å². The van der Waals surface area contributed by atoms with Crippen LogP contribution in [0.15, 0.2) is 30.3 Å². The van der Waals surface area contributed by atoms with Gasteiger partial charge >= 0.3 is 0 Å². The minimum absolute atomic E-state index is 0.695. The predicted octanol–water partition coefficient (Wildman–Crippen LogP) is 2.88. The van der Waals surface area contributed by atoms with Gasteiger partial charge in [0.2, 0.25) is 0 Å². The highest BCUT2D eigenvalue weighted by atomic mass is 15.1. The number of para-hydroxylation sites is 2. The third kappa shape index (κ3) is 2.62. The van der Waals surface area contributed by atoms with E-state index in [1.807, 2.05) is 50.8 Å². The number of rotatable bonds is 4. The summed E-state index contributed by atoms with van der Waals surface area (Å²) in [7, 11) is 5.98. The first kappa shape index (κ1) is 14.0. The maximum atomic E-state index is 9.06. The number of anilines is 2. The van der Waals surface area contributed by atoms with Crippen LogP contribution in [0.4, 0.5) is 11.4 Å². The molecule has 0 spiro atoms. The van der Waals surface area contributed by atoms with Crippen molar-refractivity contribution in [1.82, 2.24) is 4.57 Å². The van der Waals surface area contributed by atoms with Crippen molar-refractivity contribution in [2.45, 2.75) is 13.5 Å². The highest BCUT2D eigenvalue weighted by molar-refractivity contribution is 5.69. The number of nitriles is 1. The van der Waals surface area contributed by atoms with Gasteiger partial charge in [0.05, 0.1) is 11.4 Å². The number of hydrogen-bond acceptors (Lipinski definition) is 3. The van der Waals surface area contributed by atoms with Gasteiger partial charge in [0.25, 0.3) is 0 Å². The van der Waals surface area contributed by atoms with Gasteiger partial charge in [-0.2, -0.15) is 5.26 Å². The molecule has 0 saturated heterocycles. The zero-order chi connectivity index (χ0) is 14.7. The summed E-state index contributed by atoms with van der Waals surface area (Å²) in [4.78, 5) is 2.08. The molecule has 4 nitrogen and oxygen atoms in total. The molecule has 2 rings (SSSR count). The first-order valence-electron chi connectivity index (χ1n) is 6.60. The van der Waals surface area contributed by atoms with Crippen molar-refractivity contribution in [1.29, 1.82) is 5.26 Å². The Morgan fingerprint density at radius 1 is 1.30 bits per heavy atom. The molecule has 1 aromatic carbocycles.